The Bertz CT molecular complexity index is 501. The Labute approximate surface area is 122 Å². The number of rotatable bonds is 6. The monoisotopic (exact) mass is 296 g/mol. The van der Waals surface area contributed by atoms with Gasteiger partial charge in [-0.25, -0.2) is 0 Å². The number of aliphatic carboxylic acids is 1. The third-order valence-corrected chi connectivity index (χ3v) is 3.67. The predicted molar refractivity (Wildman–Crippen MR) is 75.5 cm³/mol. The molecule has 0 unspecified atom stereocenters. The molecular formula is C14H17ClN2O3. The van der Waals surface area contributed by atoms with Crippen LogP contribution in [0.15, 0.2) is 24.3 Å². The number of carboxylic acids is 1. The summed E-state index contributed by atoms with van der Waals surface area (Å²) in [5.41, 5.74) is 0.884. The molecule has 1 amide bonds. The quantitative estimate of drug-likeness (QED) is 0.832. The summed E-state index contributed by atoms with van der Waals surface area (Å²) < 4.78 is 0. The van der Waals surface area contributed by atoms with Crippen LogP contribution >= 0.6 is 11.6 Å². The van der Waals surface area contributed by atoms with E-state index in [1.807, 2.05) is 23.1 Å². The molecule has 0 spiro atoms. The number of amides is 1. The minimum Gasteiger partial charge on any atom is -0.481 e. The van der Waals surface area contributed by atoms with E-state index in [4.69, 9.17) is 16.7 Å². The fourth-order valence-electron chi connectivity index (χ4n) is 2.28. The number of hydrogen-bond donors (Lipinski definition) is 2. The van der Waals surface area contributed by atoms with E-state index in [0.29, 0.717) is 31.2 Å². The van der Waals surface area contributed by atoms with Crippen LogP contribution in [0.25, 0.3) is 0 Å². The minimum atomic E-state index is -0.780. The van der Waals surface area contributed by atoms with E-state index in [1.165, 1.54) is 0 Å². The van der Waals surface area contributed by atoms with Crippen molar-refractivity contribution in [3.05, 3.63) is 34.9 Å². The van der Waals surface area contributed by atoms with Crippen LogP contribution in [0, 0.1) is 5.92 Å². The fourth-order valence-corrected chi connectivity index (χ4v) is 2.48. The van der Waals surface area contributed by atoms with E-state index in [-0.39, 0.29) is 18.2 Å². The van der Waals surface area contributed by atoms with Crippen molar-refractivity contribution in [2.75, 3.05) is 19.6 Å². The molecule has 1 aliphatic rings. The first-order valence-electron chi connectivity index (χ1n) is 6.49. The first-order chi connectivity index (χ1) is 9.54. The van der Waals surface area contributed by atoms with Gasteiger partial charge in [0.15, 0.2) is 0 Å². The Kier molecular flexibility index (Phi) is 4.98. The first kappa shape index (κ1) is 14.8. The maximum atomic E-state index is 11.7. The lowest BCUT2D eigenvalue weighted by Crippen LogP contribution is -2.51. The number of halogens is 1. The zero-order valence-corrected chi connectivity index (χ0v) is 11.8. The van der Waals surface area contributed by atoms with Gasteiger partial charge in [-0.05, 0) is 17.5 Å². The van der Waals surface area contributed by atoms with Gasteiger partial charge in [-0.15, -0.1) is 0 Å². The zero-order valence-electron chi connectivity index (χ0n) is 11.0. The lowest BCUT2D eigenvalue weighted by atomic mass is 9.96. The van der Waals surface area contributed by atoms with Crippen molar-refractivity contribution in [3.8, 4) is 0 Å². The van der Waals surface area contributed by atoms with E-state index < -0.39 is 5.97 Å². The topological polar surface area (TPSA) is 69.6 Å². The van der Waals surface area contributed by atoms with Crippen molar-refractivity contribution in [1.29, 1.82) is 0 Å². The molecule has 2 N–H and O–H groups in total. The van der Waals surface area contributed by atoms with Gasteiger partial charge in [-0.2, -0.15) is 0 Å². The van der Waals surface area contributed by atoms with Crippen molar-refractivity contribution in [2.24, 2.45) is 5.92 Å². The first-order valence-corrected chi connectivity index (χ1v) is 6.86. The SMILES string of the molecule is O=C(O)CC1CN(CC(=O)NCc2ccccc2Cl)C1. The van der Waals surface area contributed by atoms with Gasteiger partial charge in [0.05, 0.1) is 13.0 Å². The van der Waals surface area contributed by atoms with Crippen molar-refractivity contribution >= 4 is 23.5 Å². The largest absolute Gasteiger partial charge is 0.481 e. The minimum absolute atomic E-state index is 0.0707. The number of nitrogens with one attached hydrogen (secondary N) is 1. The van der Waals surface area contributed by atoms with Gasteiger partial charge >= 0.3 is 5.97 Å². The standard InChI is InChI=1S/C14H17ClN2O3/c15-12-4-2-1-3-11(12)6-16-13(18)9-17-7-10(8-17)5-14(19)20/h1-4,10H,5-9H2,(H,16,18)(H,19,20). The Hall–Kier alpha value is -1.59. The van der Waals surface area contributed by atoms with Gasteiger partial charge in [-0.3, -0.25) is 14.5 Å². The number of carbonyl (C=O) groups is 2. The van der Waals surface area contributed by atoms with Crippen molar-refractivity contribution in [1.82, 2.24) is 10.2 Å². The average Bonchev–Trinajstić information content (AvgIpc) is 2.35. The lowest BCUT2D eigenvalue weighted by Gasteiger charge is -2.37. The summed E-state index contributed by atoms with van der Waals surface area (Å²) in [6.45, 7) is 2.06. The highest BCUT2D eigenvalue weighted by Crippen LogP contribution is 2.18. The van der Waals surface area contributed by atoms with Crippen LogP contribution in [0.4, 0.5) is 0 Å². The number of likely N-dealkylation sites (tertiary alicyclic amines) is 1. The smallest absolute Gasteiger partial charge is 0.303 e. The number of benzene rings is 1. The van der Waals surface area contributed by atoms with E-state index in [9.17, 15) is 9.59 Å². The highest BCUT2D eigenvalue weighted by atomic mass is 35.5. The molecular weight excluding hydrogens is 280 g/mol. The van der Waals surface area contributed by atoms with Gasteiger partial charge in [0.25, 0.3) is 0 Å². The number of nitrogens with zero attached hydrogens (tertiary/aromatic N) is 1. The fraction of sp³-hybridized carbons (Fsp3) is 0.429. The third-order valence-electron chi connectivity index (χ3n) is 3.30. The van der Waals surface area contributed by atoms with Gasteiger partial charge in [0, 0.05) is 24.7 Å². The molecule has 0 radical (unpaired) electrons. The van der Waals surface area contributed by atoms with Crippen LogP contribution in [0.5, 0.6) is 0 Å². The summed E-state index contributed by atoms with van der Waals surface area (Å²) in [6, 6.07) is 7.37. The Morgan fingerprint density at radius 2 is 2.05 bits per heavy atom. The van der Waals surface area contributed by atoms with Crippen molar-refractivity contribution in [2.45, 2.75) is 13.0 Å². The normalized spacial score (nSPS) is 15.7. The number of carbonyl (C=O) groups excluding carboxylic acids is 1. The molecule has 1 aromatic rings. The summed E-state index contributed by atoms with van der Waals surface area (Å²) in [4.78, 5) is 24.2. The van der Waals surface area contributed by atoms with Gasteiger partial charge < -0.3 is 10.4 Å². The van der Waals surface area contributed by atoms with Crippen molar-refractivity contribution < 1.29 is 14.7 Å². The van der Waals surface area contributed by atoms with Crippen LogP contribution in [0.2, 0.25) is 5.02 Å². The molecule has 20 heavy (non-hydrogen) atoms. The predicted octanol–water partition coefficient (Wildman–Crippen LogP) is 1.36. The molecule has 0 atom stereocenters. The Balaban J connectivity index is 1.67. The van der Waals surface area contributed by atoms with E-state index in [0.717, 1.165) is 5.56 Å². The Morgan fingerprint density at radius 1 is 1.35 bits per heavy atom. The number of hydrogen-bond acceptors (Lipinski definition) is 3. The summed E-state index contributed by atoms with van der Waals surface area (Å²) >= 11 is 6.00. The average molecular weight is 297 g/mol. The second-order valence-electron chi connectivity index (χ2n) is 5.03. The molecule has 1 aromatic carbocycles. The maximum absolute atomic E-state index is 11.7. The molecule has 0 saturated carbocycles. The molecule has 1 aliphatic heterocycles. The van der Waals surface area contributed by atoms with E-state index in [2.05, 4.69) is 5.32 Å². The summed E-state index contributed by atoms with van der Waals surface area (Å²) in [6.07, 6.45) is 0.178. The second kappa shape index (κ2) is 6.72. The zero-order chi connectivity index (χ0) is 14.5. The molecule has 5 nitrogen and oxygen atoms in total. The summed E-state index contributed by atoms with van der Waals surface area (Å²) in [7, 11) is 0. The molecule has 0 aromatic heterocycles. The van der Waals surface area contributed by atoms with Crippen molar-refractivity contribution in [3.63, 3.8) is 0 Å². The molecule has 0 aliphatic carbocycles. The van der Waals surface area contributed by atoms with Gasteiger partial charge in [0.2, 0.25) is 5.91 Å². The van der Waals surface area contributed by atoms with Crippen LogP contribution in [-0.2, 0) is 16.1 Å². The van der Waals surface area contributed by atoms with Crippen LogP contribution in [0.3, 0.4) is 0 Å². The number of carboxylic acid groups (broad SMARTS) is 1. The van der Waals surface area contributed by atoms with Crippen LogP contribution in [0.1, 0.15) is 12.0 Å². The highest BCUT2D eigenvalue weighted by Gasteiger charge is 2.29. The molecule has 1 saturated heterocycles. The van der Waals surface area contributed by atoms with Gasteiger partial charge in [-0.1, -0.05) is 29.8 Å². The maximum Gasteiger partial charge on any atom is 0.303 e. The molecule has 0 bridgehead atoms. The molecule has 108 valence electrons. The van der Waals surface area contributed by atoms with Crippen LogP contribution < -0.4 is 5.32 Å². The third kappa shape index (κ3) is 4.21. The summed E-state index contributed by atoms with van der Waals surface area (Å²) in [5.74, 6) is -0.680. The molecule has 1 heterocycles. The lowest BCUT2D eigenvalue weighted by molar-refractivity contribution is -0.139. The molecule has 2 rings (SSSR count). The van der Waals surface area contributed by atoms with E-state index in [1.54, 1.807) is 6.07 Å². The summed E-state index contributed by atoms with van der Waals surface area (Å²) in [5, 5.41) is 12.1. The highest BCUT2D eigenvalue weighted by molar-refractivity contribution is 6.31. The van der Waals surface area contributed by atoms with E-state index >= 15 is 0 Å². The molecule has 6 heteroatoms. The van der Waals surface area contributed by atoms with Crippen LogP contribution in [-0.4, -0.2) is 41.5 Å². The Morgan fingerprint density at radius 3 is 2.70 bits per heavy atom. The second-order valence-corrected chi connectivity index (χ2v) is 5.43. The van der Waals surface area contributed by atoms with Gasteiger partial charge in [0.1, 0.15) is 0 Å². The molecule has 1 fully saturated rings.